The van der Waals surface area contributed by atoms with Gasteiger partial charge < -0.3 is 15.8 Å². The Morgan fingerprint density at radius 2 is 2.00 bits per heavy atom. The van der Waals surface area contributed by atoms with Crippen LogP contribution in [0, 0.1) is 0 Å². The van der Waals surface area contributed by atoms with Crippen LogP contribution in [0.5, 0.6) is 5.75 Å². The maximum Gasteiger partial charge on any atom is 0.258 e. The monoisotopic (exact) mass is 316 g/mol. The van der Waals surface area contributed by atoms with E-state index in [1.54, 1.807) is 18.2 Å². The van der Waals surface area contributed by atoms with E-state index >= 15 is 0 Å². The third-order valence-corrected chi connectivity index (χ3v) is 3.92. The first kappa shape index (κ1) is 15.4. The maximum atomic E-state index is 11.8. The van der Waals surface area contributed by atoms with Crippen molar-refractivity contribution in [1.82, 2.24) is 5.32 Å². The Kier molecular flexibility index (Phi) is 5.52. The lowest BCUT2D eigenvalue weighted by Gasteiger charge is -2.26. The molecular formula is C14H18Cl2N2O2. The summed E-state index contributed by atoms with van der Waals surface area (Å²) in [6.45, 7) is -0.0517. The highest BCUT2D eigenvalue weighted by atomic mass is 35.5. The van der Waals surface area contributed by atoms with Crippen molar-refractivity contribution in [2.75, 3.05) is 6.61 Å². The Labute approximate surface area is 128 Å². The topological polar surface area (TPSA) is 64.3 Å². The van der Waals surface area contributed by atoms with E-state index < -0.39 is 0 Å². The minimum absolute atomic E-state index is 0.0517. The second kappa shape index (κ2) is 7.16. The average Bonchev–Trinajstić information content (AvgIpc) is 2.40. The van der Waals surface area contributed by atoms with Gasteiger partial charge in [0.25, 0.3) is 5.91 Å². The molecule has 0 aliphatic heterocycles. The van der Waals surface area contributed by atoms with Gasteiger partial charge in [-0.15, -0.1) is 0 Å². The highest BCUT2D eigenvalue weighted by Crippen LogP contribution is 2.27. The van der Waals surface area contributed by atoms with E-state index in [-0.39, 0.29) is 24.6 Å². The first-order valence-electron chi connectivity index (χ1n) is 6.67. The van der Waals surface area contributed by atoms with E-state index in [9.17, 15) is 4.79 Å². The molecule has 0 saturated heterocycles. The molecule has 1 aliphatic rings. The van der Waals surface area contributed by atoms with Crippen LogP contribution in [0.3, 0.4) is 0 Å². The number of ether oxygens (including phenoxy) is 1. The number of hydrogen-bond acceptors (Lipinski definition) is 3. The predicted molar refractivity (Wildman–Crippen MR) is 80.3 cm³/mol. The van der Waals surface area contributed by atoms with E-state index in [0.29, 0.717) is 15.8 Å². The number of carbonyl (C=O) groups is 1. The number of nitrogens with two attached hydrogens (primary N) is 1. The number of hydrogen-bond donors (Lipinski definition) is 2. The molecule has 1 fully saturated rings. The van der Waals surface area contributed by atoms with Crippen molar-refractivity contribution in [3.63, 3.8) is 0 Å². The average molecular weight is 317 g/mol. The van der Waals surface area contributed by atoms with Crippen LogP contribution >= 0.6 is 23.2 Å². The van der Waals surface area contributed by atoms with Crippen molar-refractivity contribution < 1.29 is 9.53 Å². The summed E-state index contributed by atoms with van der Waals surface area (Å²) in [7, 11) is 0. The van der Waals surface area contributed by atoms with Gasteiger partial charge in [-0.05, 0) is 43.9 Å². The predicted octanol–water partition coefficient (Wildman–Crippen LogP) is 2.76. The molecule has 1 aromatic carbocycles. The fourth-order valence-corrected chi connectivity index (χ4v) is 2.73. The van der Waals surface area contributed by atoms with Gasteiger partial charge in [0.2, 0.25) is 0 Å². The first-order chi connectivity index (χ1) is 9.54. The van der Waals surface area contributed by atoms with Crippen molar-refractivity contribution in [3.05, 3.63) is 28.2 Å². The summed E-state index contributed by atoms with van der Waals surface area (Å²) in [5, 5.41) is 3.88. The molecule has 0 radical (unpaired) electrons. The number of halogens is 2. The molecule has 0 unspecified atom stereocenters. The number of nitrogens with one attached hydrogen (secondary N) is 1. The SMILES string of the molecule is NC1CCC(NC(=O)COc2ccc(Cl)cc2Cl)CC1. The summed E-state index contributed by atoms with van der Waals surface area (Å²) in [5.41, 5.74) is 5.83. The fourth-order valence-electron chi connectivity index (χ4n) is 2.27. The van der Waals surface area contributed by atoms with Crippen LogP contribution in [-0.4, -0.2) is 24.6 Å². The molecule has 1 aromatic rings. The lowest BCUT2D eigenvalue weighted by molar-refractivity contribution is -0.124. The zero-order valence-electron chi connectivity index (χ0n) is 11.1. The second-order valence-corrected chi connectivity index (χ2v) is 5.89. The normalized spacial score (nSPS) is 22.4. The van der Waals surface area contributed by atoms with Gasteiger partial charge in [0, 0.05) is 17.1 Å². The van der Waals surface area contributed by atoms with Crippen molar-refractivity contribution in [2.24, 2.45) is 5.73 Å². The minimum Gasteiger partial charge on any atom is -0.482 e. The molecule has 0 atom stereocenters. The fraction of sp³-hybridized carbons (Fsp3) is 0.500. The molecule has 110 valence electrons. The second-order valence-electron chi connectivity index (χ2n) is 5.04. The number of amides is 1. The van der Waals surface area contributed by atoms with Gasteiger partial charge in [-0.3, -0.25) is 4.79 Å². The summed E-state index contributed by atoms with van der Waals surface area (Å²) in [6, 6.07) is 5.37. The zero-order valence-corrected chi connectivity index (χ0v) is 12.6. The molecule has 20 heavy (non-hydrogen) atoms. The summed E-state index contributed by atoms with van der Waals surface area (Å²) < 4.78 is 5.39. The van der Waals surface area contributed by atoms with Gasteiger partial charge >= 0.3 is 0 Å². The Balaban J connectivity index is 1.77. The van der Waals surface area contributed by atoms with Crippen LogP contribution in [-0.2, 0) is 4.79 Å². The molecule has 0 heterocycles. The Morgan fingerprint density at radius 3 is 2.65 bits per heavy atom. The van der Waals surface area contributed by atoms with Crippen LogP contribution < -0.4 is 15.8 Å². The Hall–Kier alpha value is -0.970. The molecule has 1 aliphatic carbocycles. The van der Waals surface area contributed by atoms with E-state index in [0.717, 1.165) is 25.7 Å². The third kappa shape index (κ3) is 4.54. The van der Waals surface area contributed by atoms with E-state index in [1.807, 2.05) is 0 Å². The van der Waals surface area contributed by atoms with Crippen LogP contribution in [0.15, 0.2) is 18.2 Å². The first-order valence-corrected chi connectivity index (χ1v) is 7.43. The summed E-state index contributed by atoms with van der Waals surface area (Å²) in [4.78, 5) is 11.8. The number of rotatable bonds is 4. The Morgan fingerprint density at radius 1 is 1.30 bits per heavy atom. The van der Waals surface area contributed by atoms with E-state index in [2.05, 4.69) is 5.32 Å². The van der Waals surface area contributed by atoms with Gasteiger partial charge in [-0.1, -0.05) is 23.2 Å². The molecule has 3 N–H and O–H groups in total. The smallest absolute Gasteiger partial charge is 0.258 e. The standard InChI is InChI=1S/C14H18Cl2N2O2/c15-9-1-6-13(12(16)7-9)20-8-14(19)18-11-4-2-10(17)3-5-11/h1,6-7,10-11H,2-5,8,17H2,(H,18,19). The Bertz CT molecular complexity index is 474. The third-order valence-electron chi connectivity index (χ3n) is 3.39. The molecule has 1 saturated carbocycles. The summed E-state index contributed by atoms with van der Waals surface area (Å²) in [6.07, 6.45) is 3.76. The van der Waals surface area contributed by atoms with Gasteiger partial charge in [0.15, 0.2) is 6.61 Å². The quantitative estimate of drug-likeness (QED) is 0.897. The molecule has 4 nitrogen and oxygen atoms in total. The summed E-state index contributed by atoms with van der Waals surface area (Å²) in [5.74, 6) is 0.313. The molecule has 6 heteroatoms. The van der Waals surface area contributed by atoms with Gasteiger partial charge in [-0.2, -0.15) is 0 Å². The molecule has 1 amide bonds. The highest BCUT2D eigenvalue weighted by Gasteiger charge is 2.20. The largest absolute Gasteiger partial charge is 0.482 e. The minimum atomic E-state index is -0.142. The molecular weight excluding hydrogens is 299 g/mol. The van der Waals surface area contributed by atoms with Crippen molar-refractivity contribution in [3.8, 4) is 5.75 Å². The van der Waals surface area contributed by atoms with Gasteiger partial charge in [0.05, 0.1) is 5.02 Å². The molecule has 2 rings (SSSR count). The lowest BCUT2D eigenvalue weighted by atomic mass is 9.92. The maximum absolute atomic E-state index is 11.8. The summed E-state index contributed by atoms with van der Waals surface area (Å²) >= 11 is 11.8. The van der Waals surface area contributed by atoms with Crippen LogP contribution in [0.4, 0.5) is 0 Å². The van der Waals surface area contributed by atoms with Crippen LogP contribution in [0.2, 0.25) is 10.0 Å². The molecule has 0 aromatic heterocycles. The highest BCUT2D eigenvalue weighted by molar-refractivity contribution is 6.35. The number of carbonyl (C=O) groups excluding carboxylic acids is 1. The van der Waals surface area contributed by atoms with Gasteiger partial charge in [0.1, 0.15) is 5.75 Å². The van der Waals surface area contributed by atoms with Gasteiger partial charge in [-0.25, -0.2) is 0 Å². The van der Waals surface area contributed by atoms with Crippen molar-refractivity contribution in [2.45, 2.75) is 37.8 Å². The molecule has 0 bridgehead atoms. The zero-order chi connectivity index (χ0) is 14.5. The van der Waals surface area contributed by atoms with E-state index in [1.165, 1.54) is 0 Å². The van der Waals surface area contributed by atoms with E-state index in [4.69, 9.17) is 33.7 Å². The molecule has 0 spiro atoms. The van der Waals surface area contributed by atoms with Crippen molar-refractivity contribution in [1.29, 1.82) is 0 Å². The lowest BCUT2D eigenvalue weighted by Crippen LogP contribution is -2.42. The number of benzene rings is 1. The van der Waals surface area contributed by atoms with Crippen LogP contribution in [0.1, 0.15) is 25.7 Å². The van der Waals surface area contributed by atoms with Crippen LogP contribution in [0.25, 0.3) is 0 Å². The van der Waals surface area contributed by atoms with Crippen molar-refractivity contribution >= 4 is 29.1 Å².